The molecule has 1 saturated heterocycles. The van der Waals surface area contributed by atoms with Crippen molar-refractivity contribution in [2.45, 2.75) is 12.6 Å². The molecule has 0 bridgehead atoms. The Balaban J connectivity index is 1.83. The minimum Gasteiger partial charge on any atom is -0.328 e. The Bertz CT molecular complexity index is 497. The molecular formula is C11H8N2O4. The number of benzene rings is 1. The molecule has 3 amide bonds. The molecule has 0 aromatic heterocycles. The molecule has 1 unspecified atom stereocenters. The van der Waals surface area contributed by atoms with Gasteiger partial charge in [-0.3, -0.25) is 14.4 Å². The fourth-order valence-corrected chi connectivity index (χ4v) is 1.78. The van der Waals surface area contributed by atoms with Crippen molar-refractivity contribution >= 4 is 17.7 Å². The lowest BCUT2D eigenvalue weighted by Gasteiger charge is -2.28. The van der Waals surface area contributed by atoms with Crippen molar-refractivity contribution in [1.29, 1.82) is 0 Å². The van der Waals surface area contributed by atoms with E-state index in [-0.39, 0.29) is 12.3 Å². The minimum atomic E-state index is -0.593. The summed E-state index contributed by atoms with van der Waals surface area (Å²) in [6.07, 6.45) is -0.433. The number of nitrogens with one attached hydrogen (secondary N) is 1. The number of carbonyl (C=O) groups is 3. The number of hydrogen-bond acceptors (Lipinski definition) is 4. The van der Waals surface area contributed by atoms with Crippen LogP contribution in [0, 0.1) is 0 Å². The van der Waals surface area contributed by atoms with Crippen molar-refractivity contribution in [3.8, 4) is 0 Å². The molecule has 86 valence electrons. The van der Waals surface area contributed by atoms with Crippen molar-refractivity contribution in [2.24, 2.45) is 0 Å². The first kappa shape index (κ1) is 9.98. The zero-order valence-electron chi connectivity index (χ0n) is 8.67. The van der Waals surface area contributed by atoms with Gasteiger partial charge in [0.05, 0.1) is 17.5 Å². The predicted octanol–water partition coefficient (Wildman–Crippen LogP) is 0.0602. The average Bonchev–Trinajstić information content (AvgIpc) is 2.53. The average molecular weight is 232 g/mol. The third-order valence-corrected chi connectivity index (χ3v) is 2.68. The Labute approximate surface area is 96.1 Å². The van der Waals surface area contributed by atoms with Crippen LogP contribution in [-0.4, -0.2) is 29.0 Å². The van der Waals surface area contributed by atoms with Gasteiger partial charge in [-0.05, 0) is 12.1 Å². The Morgan fingerprint density at radius 1 is 1.12 bits per heavy atom. The number of hydrogen-bond donors (Lipinski definition) is 1. The molecule has 2 aliphatic rings. The van der Waals surface area contributed by atoms with Gasteiger partial charge < -0.3 is 5.32 Å². The Hall–Kier alpha value is -2.21. The Kier molecular flexibility index (Phi) is 1.99. The number of imide groups is 1. The molecule has 0 saturated carbocycles. The molecule has 2 heterocycles. The summed E-state index contributed by atoms with van der Waals surface area (Å²) in [5.74, 6) is -1.15. The Morgan fingerprint density at radius 3 is 2.12 bits per heavy atom. The molecule has 2 aliphatic heterocycles. The van der Waals surface area contributed by atoms with Crippen molar-refractivity contribution < 1.29 is 19.2 Å². The summed E-state index contributed by atoms with van der Waals surface area (Å²) in [6.45, 7) is 0. The first-order chi connectivity index (χ1) is 8.16. The monoisotopic (exact) mass is 232 g/mol. The summed E-state index contributed by atoms with van der Waals surface area (Å²) in [4.78, 5) is 39.5. The highest BCUT2D eigenvalue weighted by molar-refractivity contribution is 6.20. The first-order valence-electron chi connectivity index (χ1n) is 5.11. The van der Waals surface area contributed by atoms with Gasteiger partial charge in [-0.1, -0.05) is 12.1 Å². The predicted molar refractivity (Wildman–Crippen MR) is 54.6 cm³/mol. The lowest BCUT2D eigenvalue weighted by Crippen LogP contribution is -2.53. The number of rotatable bonds is 2. The molecular weight excluding hydrogens is 224 g/mol. The van der Waals surface area contributed by atoms with E-state index in [1.165, 1.54) is 0 Å². The molecule has 6 heteroatoms. The van der Waals surface area contributed by atoms with Crippen molar-refractivity contribution in [3.63, 3.8) is 0 Å². The molecule has 1 fully saturated rings. The van der Waals surface area contributed by atoms with E-state index in [1.807, 2.05) is 0 Å². The molecule has 1 aromatic rings. The second kappa shape index (κ2) is 3.39. The van der Waals surface area contributed by atoms with Gasteiger partial charge in [-0.25, -0.2) is 4.84 Å². The van der Waals surface area contributed by atoms with Gasteiger partial charge in [-0.15, -0.1) is 5.06 Å². The summed E-state index contributed by atoms with van der Waals surface area (Å²) in [5, 5.41) is 3.13. The van der Waals surface area contributed by atoms with E-state index >= 15 is 0 Å². The number of hydroxylamine groups is 2. The van der Waals surface area contributed by atoms with E-state index in [9.17, 15) is 14.4 Å². The third-order valence-electron chi connectivity index (χ3n) is 2.68. The van der Waals surface area contributed by atoms with E-state index in [0.717, 1.165) is 0 Å². The van der Waals surface area contributed by atoms with E-state index in [4.69, 9.17) is 4.84 Å². The lowest BCUT2D eigenvalue weighted by molar-refractivity contribution is -0.177. The van der Waals surface area contributed by atoms with Crippen LogP contribution in [-0.2, 0) is 9.63 Å². The summed E-state index contributed by atoms with van der Waals surface area (Å²) in [5.41, 5.74) is 0.645. The van der Waals surface area contributed by atoms with Gasteiger partial charge in [0.1, 0.15) is 0 Å². The van der Waals surface area contributed by atoms with Crippen LogP contribution in [0.2, 0.25) is 0 Å². The summed E-state index contributed by atoms with van der Waals surface area (Å²) >= 11 is 0. The number of amides is 3. The summed E-state index contributed by atoms with van der Waals surface area (Å²) < 4.78 is 0. The highest BCUT2D eigenvalue weighted by Gasteiger charge is 2.40. The topological polar surface area (TPSA) is 75.7 Å². The Morgan fingerprint density at radius 2 is 1.65 bits per heavy atom. The van der Waals surface area contributed by atoms with Crippen LogP contribution in [0.1, 0.15) is 27.1 Å². The fourth-order valence-electron chi connectivity index (χ4n) is 1.78. The highest BCUT2D eigenvalue weighted by Crippen LogP contribution is 2.24. The second-order valence-electron chi connectivity index (χ2n) is 3.82. The van der Waals surface area contributed by atoms with Gasteiger partial charge >= 0.3 is 0 Å². The third kappa shape index (κ3) is 1.42. The van der Waals surface area contributed by atoms with Crippen molar-refractivity contribution in [3.05, 3.63) is 35.4 Å². The second-order valence-corrected chi connectivity index (χ2v) is 3.82. The standard InChI is InChI=1S/C11H8N2O4/c14-8-5-9(12-8)17-13-10(15)6-3-1-2-4-7(6)11(13)16/h1-4,9H,5H2,(H,12,14). The molecule has 3 rings (SSSR count). The van der Waals surface area contributed by atoms with Crippen LogP contribution in [0.3, 0.4) is 0 Å². The van der Waals surface area contributed by atoms with Crippen LogP contribution in [0.15, 0.2) is 24.3 Å². The summed E-state index contributed by atoms with van der Waals surface area (Å²) in [7, 11) is 0. The molecule has 6 nitrogen and oxygen atoms in total. The number of nitrogens with zero attached hydrogens (tertiary/aromatic N) is 1. The normalized spacial score (nSPS) is 22.2. The first-order valence-corrected chi connectivity index (χ1v) is 5.11. The smallest absolute Gasteiger partial charge is 0.285 e. The molecule has 0 radical (unpaired) electrons. The SMILES string of the molecule is O=C1CC(ON2C(=O)c3ccccc3C2=O)N1. The number of fused-ring (bicyclic) bond motifs is 1. The quantitative estimate of drug-likeness (QED) is 0.578. The highest BCUT2D eigenvalue weighted by atomic mass is 16.7. The number of carbonyl (C=O) groups excluding carboxylic acids is 3. The van der Waals surface area contributed by atoms with Gasteiger partial charge in [0.25, 0.3) is 11.8 Å². The van der Waals surface area contributed by atoms with Crippen LogP contribution in [0.4, 0.5) is 0 Å². The van der Waals surface area contributed by atoms with E-state index in [2.05, 4.69) is 5.32 Å². The van der Waals surface area contributed by atoms with Gasteiger partial charge in [0, 0.05) is 0 Å². The van der Waals surface area contributed by atoms with E-state index in [1.54, 1.807) is 24.3 Å². The van der Waals surface area contributed by atoms with Crippen molar-refractivity contribution in [1.82, 2.24) is 10.4 Å². The largest absolute Gasteiger partial charge is 0.328 e. The van der Waals surface area contributed by atoms with Crippen LogP contribution < -0.4 is 5.32 Å². The minimum absolute atomic E-state index is 0.160. The molecule has 0 aliphatic carbocycles. The summed E-state index contributed by atoms with van der Waals surface area (Å²) in [6, 6.07) is 6.49. The van der Waals surface area contributed by atoms with Gasteiger partial charge in [0.15, 0.2) is 6.23 Å². The maximum atomic E-state index is 11.8. The maximum Gasteiger partial charge on any atom is 0.285 e. The lowest BCUT2D eigenvalue weighted by atomic mass is 10.1. The molecule has 1 aromatic carbocycles. The zero-order chi connectivity index (χ0) is 12.0. The molecule has 1 atom stereocenters. The van der Waals surface area contributed by atoms with Crippen LogP contribution >= 0.6 is 0 Å². The van der Waals surface area contributed by atoms with Crippen molar-refractivity contribution in [2.75, 3.05) is 0 Å². The fraction of sp³-hybridized carbons (Fsp3) is 0.182. The van der Waals surface area contributed by atoms with E-state index in [0.29, 0.717) is 16.2 Å². The zero-order valence-corrected chi connectivity index (χ0v) is 8.67. The van der Waals surface area contributed by atoms with Crippen LogP contribution in [0.5, 0.6) is 0 Å². The van der Waals surface area contributed by atoms with Crippen LogP contribution in [0.25, 0.3) is 0 Å². The van der Waals surface area contributed by atoms with Gasteiger partial charge in [-0.2, -0.15) is 0 Å². The van der Waals surface area contributed by atoms with Gasteiger partial charge in [0.2, 0.25) is 5.91 Å². The maximum absolute atomic E-state index is 11.8. The molecule has 17 heavy (non-hydrogen) atoms. The van der Waals surface area contributed by atoms with E-state index < -0.39 is 18.0 Å². The molecule has 1 N–H and O–H groups in total. The number of β-lactam (4-membered cyclic amide) rings is 1. The molecule has 0 spiro atoms.